The highest BCUT2D eigenvalue weighted by atomic mass is 16.5. The zero-order valence-electron chi connectivity index (χ0n) is 12.0. The summed E-state index contributed by atoms with van der Waals surface area (Å²) in [5.74, 6) is -0.00458. The third-order valence-corrected chi connectivity index (χ3v) is 4.06. The van der Waals surface area contributed by atoms with Gasteiger partial charge in [0.15, 0.2) is 0 Å². The van der Waals surface area contributed by atoms with Gasteiger partial charge in [0.05, 0.1) is 13.5 Å². The van der Waals surface area contributed by atoms with Crippen molar-refractivity contribution in [3.63, 3.8) is 0 Å². The fourth-order valence-electron chi connectivity index (χ4n) is 2.69. The first kappa shape index (κ1) is 15.0. The Morgan fingerprint density at radius 1 is 1.33 bits per heavy atom. The minimum Gasteiger partial charge on any atom is -0.469 e. The zero-order chi connectivity index (χ0) is 13.8. The van der Waals surface area contributed by atoms with Gasteiger partial charge in [0, 0.05) is 19.5 Å². The number of hydrogen-bond donors (Lipinski definition) is 0. The summed E-state index contributed by atoms with van der Waals surface area (Å²) in [6.45, 7) is 4.78. The number of amides is 1. The van der Waals surface area contributed by atoms with Gasteiger partial charge in [-0.3, -0.25) is 9.59 Å². The molecule has 0 aliphatic heterocycles. The monoisotopic (exact) mass is 255 g/mol. The van der Waals surface area contributed by atoms with E-state index in [0.29, 0.717) is 6.54 Å². The lowest BCUT2D eigenvalue weighted by atomic mass is 9.68. The Hall–Kier alpha value is -1.06. The van der Waals surface area contributed by atoms with Crippen molar-refractivity contribution in [2.75, 3.05) is 20.7 Å². The van der Waals surface area contributed by atoms with Crippen molar-refractivity contribution < 1.29 is 14.3 Å². The summed E-state index contributed by atoms with van der Waals surface area (Å²) in [5.41, 5.74) is 0.0782. The molecule has 0 spiro atoms. The maximum atomic E-state index is 12.4. The predicted molar refractivity (Wildman–Crippen MR) is 70.0 cm³/mol. The second kappa shape index (κ2) is 6.21. The molecule has 0 radical (unpaired) electrons. The summed E-state index contributed by atoms with van der Waals surface area (Å²) < 4.78 is 4.59. The van der Waals surface area contributed by atoms with Crippen LogP contribution in [-0.4, -0.2) is 37.5 Å². The lowest BCUT2D eigenvalue weighted by Crippen LogP contribution is -2.42. The summed E-state index contributed by atoms with van der Waals surface area (Å²) in [6.07, 6.45) is 4.68. The summed E-state index contributed by atoms with van der Waals surface area (Å²) in [7, 11) is 3.14. The van der Waals surface area contributed by atoms with Crippen molar-refractivity contribution in [2.45, 2.75) is 46.0 Å². The number of carbonyl (C=O) groups excluding carboxylic acids is 2. The van der Waals surface area contributed by atoms with E-state index in [9.17, 15) is 9.59 Å². The molecular weight excluding hydrogens is 230 g/mol. The second-order valence-electron chi connectivity index (χ2n) is 5.87. The molecule has 1 amide bonds. The van der Waals surface area contributed by atoms with Crippen molar-refractivity contribution in [3.8, 4) is 0 Å². The lowest BCUT2D eigenvalue weighted by Gasteiger charge is -2.39. The molecule has 1 saturated carbocycles. The lowest BCUT2D eigenvalue weighted by molar-refractivity contribution is -0.143. The van der Waals surface area contributed by atoms with Gasteiger partial charge < -0.3 is 9.64 Å². The Labute approximate surface area is 110 Å². The molecule has 1 unspecified atom stereocenters. The van der Waals surface area contributed by atoms with Crippen LogP contribution in [0.1, 0.15) is 46.0 Å². The van der Waals surface area contributed by atoms with E-state index in [-0.39, 0.29) is 29.6 Å². The number of ether oxygens (including phenoxy) is 1. The molecule has 0 aromatic heterocycles. The van der Waals surface area contributed by atoms with Crippen molar-refractivity contribution >= 4 is 11.9 Å². The Morgan fingerprint density at radius 3 is 2.56 bits per heavy atom. The molecular formula is C14H25NO3. The van der Waals surface area contributed by atoms with Gasteiger partial charge in [0.1, 0.15) is 0 Å². The molecule has 4 nitrogen and oxygen atoms in total. The van der Waals surface area contributed by atoms with E-state index in [1.54, 1.807) is 11.9 Å². The molecule has 0 bridgehead atoms. The number of methoxy groups -OCH3 is 1. The third-order valence-electron chi connectivity index (χ3n) is 4.06. The fraction of sp³-hybridized carbons (Fsp3) is 0.857. The van der Waals surface area contributed by atoms with Crippen LogP contribution >= 0.6 is 0 Å². The summed E-state index contributed by atoms with van der Waals surface area (Å²) >= 11 is 0. The predicted octanol–water partition coefficient (Wildman–Crippen LogP) is 2.22. The maximum Gasteiger partial charge on any atom is 0.307 e. The first-order valence-electron chi connectivity index (χ1n) is 6.70. The molecule has 1 fully saturated rings. The Kier molecular flexibility index (Phi) is 5.17. The van der Waals surface area contributed by atoms with E-state index < -0.39 is 0 Å². The van der Waals surface area contributed by atoms with Gasteiger partial charge in [0.2, 0.25) is 5.91 Å². The van der Waals surface area contributed by atoms with Gasteiger partial charge in [-0.1, -0.05) is 26.7 Å². The van der Waals surface area contributed by atoms with E-state index in [2.05, 4.69) is 18.6 Å². The van der Waals surface area contributed by atoms with Gasteiger partial charge in [-0.25, -0.2) is 0 Å². The molecule has 0 heterocycles. The van der Waals surface area contributed by atoms with Crippen molar-refractivity contribution in [1.82, 2.24) is 4.90 Å². The SMILES string of the molecule is COC(=O)CCN(C)C(=O)C1CCCCC1(C)C. The number of hydrogen-bond acceptors (Lipinski definition) is 3. The minimum absolute atomic E-state index is 0.0782. The Bertz CT molecular complexity index is 312. The zero-order valence-corrected chi connectivity index (χ0v) is 12.0. The Morgan fingerprint density at radius 2 is 2.00 bits per heavy atom. The smallest absolute Gasteiger partial charge is 0.307 e. The van der Waals surface area contributed by atoms with E-state index in [1.807, 2.05) is 0 Å². The van der Waals surface area contributed by atoms with Crippen LogP contribution in [0.3, 0.4) is 0 Å². The molecule has 4 heteroatoms. The number of rotatable bonds is 4. The van der Waals surface area contributed by atoms with Crippen LogP contribution in [0.25, 0.3) is 0 Å². The average Bonchev–Trinajstić information content (AvgIpc) is 2.34. The number of carbonyl (C=O) groups is 2. The first-order chi connectivity index (χ1) is 8.38. The second-order valence-corrected chi connectivity index (χ2v) is 5.87. The molecule has 0 aromatic carbocycles. The van der Waals surface area contributed by atoms with Gasteiger partial charge in [0.25, 0.3) is 0 Å². The van der Waals surface area contributed by atoms with Crippen LogP contribution in [0.5, 0.6) is 0 Å². The van der Waals surface area contributed by atoms with Crippen molar-refractivity contribution in [3.05, 3.63) is 0 Å². The van der Waals surface area contributed by atoms with E-state index in [4.69, 9.17) is 0 Å². The molecule has 0 N–H and O–H groups in total. The maximum absolute atomic E-state index is 12.4. The molecule has 1 atom stereocenters. The van der Waals surface area contributed by atoms with Crippen LogP contribution in [0.4, 0.5) is 0 Å². The summed E-state index contributed by atoms with van der Waals surface area (Å²) in [4.78, 5) is 25.1. The standard InChI is InChI=1S/C14H25NO3/c1-14(2)9-6-5-7-11(14)13(17)15(3)10-8-12(16)18-4/h11H,5-10H2,1-4H3. The van der Waals surface area contributed by atoms with E-state index >= 15 is 0 Å². The van der Waals surface area contributed by atoms with E-state index in [0.717, 1.165) is 19.3 Å². The highest BCUT2D eigenvalue weighted by Gasteiger charge is 2.38. The molecule has 0 aromatic rings. The van der Waals surface area contributed by atoms with Gasteiger partial charge in [-0.2, -0.15) is 0 Å². The van der Waals surface area contributed by atoms with Crippen LogP contribution < -0.4 is 0 Å². The molecule has 18 heavy (non-hydrogen) atoms. The van der Waals surface area contributed by atoms with Crippen LogP contribution in [0.15, 0.2) is 0 Å². The summed E-state index contributed by atoms with van der Waals surface area (Å²) in [5, 5.41) is 0. The minimum atomic E-state index is -0.266. The molecule has 1 aliphatic rings. The number of esters is 1. The highest BCUT2D eigenvalue weighted by Crippen LogP contribution is 2.41. The first-order valence-corrected chi connectivity index (χ1v) is 6.70. The van der Waals surface area contributed by atoms with Crippen molar-refractivity contribution in [2.24, 2.45) is 11.3 Å². The molecule has 1 aliphatic carbocycles. The van der Waals surface area contributed by atoms with Crippen LogP contribution in [0, 0.1) is 11.3 Å². The van der Waals surface area contributed by atoms with Crippen LogP contribution in [0.2, 0.25) is 0 Å². The van der Waals surface area contributed by atoms with Gasteiger partial charge in [-0.05, 0) is 18.3 Å². The average molecular weight is 255 g/mol. The van der Waals surface area contributed by atoms with Crippen LogP contribution in [-0.2, 0) is 14.3 Å². The van der Waals surface area contributed by atoms with E-state index in [1.165, 1.54) is 13.5 Å². The highest BCUT2D eigenvalue weighted by molar-refractivity contribution is 5.80. The fourth-order valence-corrected chi connectivity index (χ4v) is 2.69. The van der Waals surface area contributed by atoms with Crippen molar-refractivity contribution in [1.29, 1.82) is 0 Å². The number of nitrogens with zero attached hydrogens (tertiary/aromatic N) is 1. The third kappa shape index (κ3) is 3.72. The quantitative estimate of drug-likeness (QED) is 0.724. The van der Waals surface area contributed by atoms with Gasteiger partial charge in [-0.15, -0.1) is 0 Å². The van der Waals surface area contributed by atoms with Gasteiger partial charge >= 0.3 is 5.97 Å². The molecule has 1 rings (SSSR count). The molecule has 0 saturated heterocycles. The normalized spacial score (nSPS) is 22.3. The largest absolute Gasteiger partial charge is 0.469 e. The topological polar surface area (TPSA) is 46.6 Å². The summed E-state index contributed by atoms with van der Waals surface area (Å²) in [6, 6.07) is 0. The Balaban J connectivity index is 2.54. The molecule has 104 valence electrons.